The molecule has 1 aromatic carbocycles. The molecular weight excluding hydrogens is 408 g/mol. The SMILES string of the molecule is COc1cccc(OC(C)C(=O)N2CCC([C@@H]3C[C@H](C(F)F)n4ncnc4N3)CC2)c1. The predicted molar refractivity (Wildman–Crippen MR) is 109 cm³/mol. The first kappa shape index (κ1) is 21.3. The lowest BCUT2D eigenvalue weighted by molar-refractivity contribution is -0.139. The zero-order valence-corrected chi connectivity index (χ0v) is 17.6. The topological polar surface area (TPSA) is 81.5 Å². The number of likely N-dealkylation sites (tertiary alicyclic amines) is 1. The van der Waals surface area contributed by atoms with Gasteiger partial charge in [0, 0.05) is 25.2 Å². The van der Waals surface area contributed by atoms with Crippen molar-refractivity contribution >= 4 is 11.9 Å². The Hall–Kier alpha value is -2.91. The van der Waals surface area contributed by atoms with Crippen molar-refractivity contribution in [3.05, 3.63) is 30.6 Å². The number of carbonyl (C=O) groups excluding carboxylic acids is 1. The Labute approximate surface area is 179 Å². The van der Waals surface area contributed by atoms with Crippen LogP contribution in [0.15, 0.2) is 30.6 Å². The Bertz CT molecular complexity index is 901. The highest BCUT2D eigenvalue weighted by Gasteiger charge is 2.39. The van der Waals surface area contributed by atoms with Gasteiger partial charge in [-0.3, -0.25) is 4.79 Å². The monoisotopic (exact) mass is 435 g/mol. The molecule has 10 heteroatoms. The van der Waals surface area contributed by atoms with Crippen molar-refractivity contribution < 1.29 is 23.0 Å². The smallest absolute Gasteiger partial charge is 0.263 e. The molecule has 0 saturated carbocycles. The van der Waals surface area contributed by atoms with Crippen molar-refractivity contribution in [1.82, 2.24) is 19.7 Å². The molecule has 168 valence electrons. The van der Waals surface area contributed by atoms with E-state index < -0.39 is 18.6 Å². The maximum atomic E-state index is 13.5. The second-order valence-corrected chi connectivity index (χ2v) is 8.02. The number of rotatable bonds is 6. The summed E-state index contributed by atoms with van der Waals surface area (Å²) in [5, 5.41) is 7.19. The summed E-state index contributed by atoms with van der Waals surface area (Å²) in [6, 6.07) is 6.05. The largest absolute Gasteiger partial charge is 0.497 e. The Morgan fingerprint density at radius 3 is 2.71 bits per heavy atom. The molecule has 4 rings (SSSR count). The first-order valence-corrected chi connectivity index (χ1v) is 10.5. The van der Waals surface area contributed by atoms with Crippen LogP contribution in [-0.4, -0.2) is 64.3 Å². The van der Waals surface area contributed by atoms with Crippen molar-refractivity contribution in [3.8, 4) is 11.5 Å². The minimum absolute atomic E-state index is 0.0805. The summed E-state index contributed by atoms with van der Waals surface area (Å²) in [6.07, 6.45) is -0.0641. The molecule has 3 atom stereocenters. The van der Waals surface area contributed by atoms with Crippen LogP contribution in [0.5, 0.6) is 11.5 Å². The molecule has 1 N–H and O–H groups in total. The van der Waals surface area contributed by atoms with Gasteiger partial charge >= 0.3 is 0 Å². The number of fused-ring (bicyclic) bond motifs is 1. The van der Waals surface area contributed by atoms with Gasteiger partial charge in [0.15, 0.2) is 6.10 Å². The summed E-state index contributed by atoms with van der Waals surface area (Å²) in [5.41, 5.74) is 0. The molecule has 8 nitrogen and oxygen atoms in total. The molecule has 0 radical (unpaired) electrons. The number of halogens is 2. The lowest BCUT2D eigenvalue weighted by Gasteiger charge is -2.40. The lowest BCUT2D eigenvalue weighted by Crippen LogP contribution is -2.48. The second kappa shape index (κ2) is 9.07. The van der Waals surface area contributed by atoms with Gasteiger partial charge in [0.2, 0.25) is 5.95 Å². The van der Waals surface area contributed by atoms with Crippen LogP contribution >= 0.6 is 0 Å². The van der Waals surface area contributed by atoms with Crippen LogP contribution in [0, 0.1) is 5.92 Å². The molecule has 0 spiro atoms. The van der Waals surface area contributed by atoms with Crippen molar-refractivity contribution in [2.45, 2.75) is 50.8 Å². The Morgan fingerprint density at radius 1 is 1.26 bits per heavy atom. The van der Waals surface area contributed by atoms with Crippen molar-refractivity contribution in [2.24, 2.45) is 5.92 Å². The fourth-order valence-corrected chi connectivity index (χ4v) is 4.41. The van der Waals surface area contributed by atoms with E-state index in [9.17, 15) is 13.6 Å². The molecule has 1 fully saturated rings. The van der Waals surface area contributed by atoms with Crippen LogP contribution in [0.2, 0.25) is 0 Å². The number of hydrogen-bond donors (Lipinski definition) is 1. The predicted octanol–water partition coefficient (Wildman–Crippen LogP) is 2.98. The number of benzene rings is 1. The van der Waals surface area contributed by atoms with Crippen molar-refractivity contribution in [3.63, 3.8) is 0 Å². The molecule has 1 amide bonds. The van der Waals surface area contributed by atoms with Gasteiger partial charge in [-0.2, -0.15) is 10.1 Å². The van der Waals surface area contributed by atoms with Gasteiger partial charge < -0.3 is 19.7 Å². The van der Waals surface area contributed by atoms with Crippen LogP contribution in [0.3, 0.4) is 0 Å². The first-order valence-electron chi connectivity index (χ1n) is 10.5. The number of nitrogens with zero attached hydrogens (tertiary/aromatic N) is 4. The highest BCUT2D eigenvalue weighted by Crippen LogP contribution is 2.35. The summed E-state index contributed by atoms with van der Waals surface area (Å²) in [6.45, 7) is 2.87. The van der Waals surface area contributed by atoms with E-state index in [1.807, 2.05) is 12.1 Å². The fraction of sp³-hybridized carbons (Fsp3) is 0.571. The normalized spacial score (nSPS) is 22.5. The molecule has 1 aromatic heterocycles. The summed E-state index contributed by atoms with van der Waals surface area (Å²) < 4.78 is 39.3. The summed E-state index contributed by atoms with van der Waals surface area (Å²) in [5.74, 6) is 1.73. The Morgan fingerprint density at radius 2 is 2.00 bits per heavy atom. The maximum Gasteiger partial charge on any atom is 0.263 e. The number of anilines is 1. The van der Waals surface area contributed by atoms with E-state index in [-0.39, 0.29) is 17.9 Å². The molecule has 31 heavy (non-hydrogen) atoms. The van der Waals surface area contributed by atoms with E-state index in [0.717, 1.165) is 12.8 Å². The molecule has 3 heterocycles. The van der Waals surface area contributed by atoms with Crippen molar-refractivity contribution in [2.75, 3.05) is 25.5 Å². The third kappa shape index (κ3) is 4.57. The number of alkyl halides is 2. The molecular formula is C21H27F2N5O3. The van der Waals surface area contributed by atoms with Gasteiger partial charge in [-0.25, -0.2) is 13.5 Å². The quantitative estimate of drug-likeness (QED) is 0.751. The number of hydrogen-bond acceptors (Lipinski definition) is 6. The van der Waals surface area contributed by atoms with E-state index in [1.54, 1.807) is 31.1 Å². The minimum atomic E-state index is -2.50. The van der Waals surface area contributed by atoms with Gasteiger partial charge in [0.05, 0.1) is 7.11 Å². The second-order valence-electron chi connectivity index (χ2n) is 8.02. The molecule has 1 unspecified atom stereocenters. The highest BCUT2D eigenvalue weighted by atomic mass is 19.3. The van der Waals surface area contributed by atoms with Gasteiger partial charge in [-0.15, -0.1) is 0 Å². The highest BCUT2D eigenvalue weighted by molar-refractivity contribution is 5.81. The number of carbonyl (C=O) groups is 1. The van der Waals surface area contributed by atoms with Gasteiger partial charge in [0.25, 0.3) is 12.3 Å². The van der Waals surface area contributed by atoms with Gasteiger partial charge in [-0.1, -0.05) is 6.07 Å². The Balaban J connectivity index is 1.32. The van der Waals surface area contributed by atoms with Crippen LogP contribution in [0.25, 0.3) is 0 Å². The molecule has 0 aliphatic carbocycles. The Kier molecular flexibility index (Phi) is 6.24. The number of ether oxygens (including phenoxy) is 2. The lowest BCUT2D eigenvalue weighted by atomic mass is 9.85. The first-order chi connectivity index (χ1) is 15.0. The maximum absolute atomic E-state index is 13.5. The van der Waals surface area contributed by atoms with Crippen molar-refractivity contribution in [1.29, 1.82) is 0 Å². The average Bonchev–Trinajstić information content (AvgIpc) is 3.26. The van der Waals surface area contributed by atoms with E-state index in [2.05, 4.69) is 15.4 Å². The third-order valence-electron chi connectivity index (χ3n) is 6.11. The number of methoxy groups -OCH3 is 1. The molecule has 1 saturated heterocycles. The summed E-state index contributed by atoms with van der Waals surface area (Å²) in [4.78, 5) is 18.7. The number of aromatic nitrogens is 3. The van der Waals surface area contributed by atoms with Gasteiger partial charge in [0.1, 0.15) is 23.9 Å². The van der Waals surface area contributed by atoms with E-state index in [4.69, 9.17) is 9.47 Å². The van der Waals surface area contributed by atoms with Gasteiger partial charge in [-0.05, 0) is 44.2 Å². The number of piperidine rings is 1. The summed E-state index contributed by atoms with van der Waals surface area (Å²) >= 11 is 0. The zero-order valence-electron chi connectivity index (χ0n) is 17.6. The molecule has 0 bridgehead atoms. The van der Waals surface area contributed by atoms with E-state index >= 15 is 0 Å². The molecule has 2 aliphatic heterocycles. The van der Waals surface area contributed by atoms with Crippen LogP contribution in [0.4, 0.5) is 14.7 Å². The zero-order chi connectivity index (χ0) is 22.0. The average molecular weight is 435 g/mol. The number of amides is 1. The summed E-state index contributed by atoms with van der Waals surface area (Å²) in [7, 11) is 1.58. The minimum Gasteiger partial charge on any atom is -0.497 e. The van der Waals surface area contributed by atoms with E-state index in [0.29, 0.717) is 37.0 Å². The van der Waals surface area contributed by atoms with Crippen LogP contribution in [-0.2, 0) is 4.79 Å². The molecule has 2 aromatic rings. The number of nitrogens with one attached hydrogen (secondary N) is 1. The third-order valence-corrected chi connectivity index (χ3v) is 6.11. The van der Waals surface area contributed by atoms with Crippen LogP contribution in [0.1, 0.15) is 32.2 Å². The standard InChI is InChI=1S/C21H27F2N5O3/c1-13(31-16-5-3-4-15(10-16)30-2)20(29)27-8-6-14(7-9-27)17-11-18(19(22)23)28-21(26-17)24-12-25-28/h3-5,10,12-14,17-19H,6-9,11H2,1-2H3,(H,24,25,26)/t13?,17-,18+/m0/s1. The van der Waals surface area contributed by atoms with E-state index in [1.165, 1.54) is 11.0 Å². The molecule has 2 aliphatic rings. The fourth-order valence-electron chi connectivity index (χ4n) is 4.41. The van der Waals surface area contributed by atoms with Crippen LogP contribution < -0.4 is 14.8 Å².